The smallest absolute Gasteiger partial charge is 0.224 e. The molecule has 3 rings (SSSR count). The van der Waals surface area contributed by atoms with Crippen LogP contribution in [0.15, 0.2) is 30.5 Å². The number of hydrogen-bond donors (Lipinski definition) is 0. The standard InChI is InChI=1S/C21H27N3O/c1-6-17-7-8-20-19(11-17)18(12-21-22-10-9-13(2)23-21)14(3)15(4)24(20)16(5)25/h7-11,14-15,18H,6,12H2,1-5H3/t14-,15-,18+/m0/s1. The number of fused-ring (bicyclic) bond motifs is 1. The number of benzene rings is 1. The number of aromatic nitrogens is 2. The average Bonchev–Trinajstić information content (AvgIpc) is 2.58. The highest BCUT2D eigenvalue weighted by atomic mass is 16.2. The quantitative estimate of drug-likeness (QED) is 0.848. The van der Waals surface area contributed by atoms with Crippen molar-refractivity contribution in [1.82, 2.24) is 9.97 Å². The van der Waals surface area contributed by atoms with E-state index in [9.17, 15) is 4.79 Å². The van der Waals surface area contributed by atoms with Crippen molar-refractivity contribution >= 4 is 11.6 Å². The average molecular weight is 337 g/mol. The molecule has 2 heterocycles. The third kappa shape index (κ3) is 3.30. The molecule has 0 saturated heterocycles. The van der Waals surface area contributed by atoms with E-state index < -0.39 is 0 Å². The molecule has 0 radical (unpaired) electrons. The summed E-state index contributed by atoms with van der Waals surface area (Å²) in [6, 6.07) is 8.61. The lowest BCUT2D eigenvalue weighted by atomic mass is 9.75. The van der Waals surface area contributed by atoms with Gasteiger partial charge < -0.3 is 4.90 Å². The molecule has 1 aliphatic rings. The van der Waals surface area contributed by atoms with Gasteiger partial charge in [-0.3, -0.25) is 4.79 Å². The Balaban J connectivity index is 2.08. The second-order valence-electron chi connectivity index (χ2n) is 7.16. The van der Waals surface area contributed by atoms with Gasteiger partial charge in [0.2, 0.25) is 5.91 Å². The Kier molecular flexibility index (Phi) is 4.89. The summed E-state index contributed by atoms with van der Waals surface area (Å²) in [5.74, 6) is 1.64. The molecular weight excluding hydrogens is 310 g/mol. The van der Waals surface area contributed by atoms with E-state index in [1.54, 1.807) is 6.92 Å². The highest BCUT2D eigenvalue weighted by Gasteiger charge is 2.38. The molecule has 4 nitrogen and oxygen atoms in total. The molecule has 0 saturated carbocycles. The van der Waals surface area contributed by atoms with Gasteiger partial charge in [0.1, 0.15) is 5.82 Å². The molecule has 1 aliphatic heterocycles. The molecule has 0 N–H and O–H groups in total. The number of hydrogen-bond acceptors (Lipinski definition) is 3. The summed E-state index contributed by atoms with van der Waals surface area (Å²) < 4.78 is 0. The number of nitrogens with zero attached hydrogens (tertiary/aromatic N) is 3. The van der Waals surface area contributed by atoms with Gasteiger partial charge in [0.05, 0.1) is 0 Å². The minimum atomic E-state index is 0.107. The lowest BCUT2D eigenvalue weighted by Crippen LogP contribution is -2.47. The number of carbonyl (C=O) groups is 1. The molecule has 1 amide bonds. The Morgan fingerprint density at radius 2 is 2.00 bits per heavy atom. The first-order valence-electron chi connectivity index (χ1n) is 9.13. The fourth-order valence-corrected chi connectivity index (χ4v) is 3.96. The van der Waals surface area contributed by atoms with Gasteiger partial charge in [0.25, 0.3) is 0 Å². The van der Waals surface area contributed by atoms with Gasteiger partial charge in [0.15, 0.2) is 0 Å². The van der Waals surface area contributed by atoms with Crippen LogP contribution >= 0.6 is 0 Å². The zero-order chi connectivity index (χ0) is 18.1. The molecule has 25 heavy (non-hydrogen) atoms. The molecule has 2 aromatic rings. The highest BCUT2D eigenvalue weighted by Crippen LogP contribution is 2.43. The van der Waals surface area contributed by atoms with Gasteiger partial charge in [-0.25, -0.2) is 9.97 Å². The van der Waals surface area contributed by atoms with Crippen LogP contribution in [0.25, 0.3) is 0 Å². The maximum Gasteiger partial charge on any atom is 0.224 e. The van der Waals surface area contributed by atoms with Gasteiger partial charge in [-0.05, 0) is 55.4 Å². The van der Waals surface area contributed by atoms with E-state index >= 15 is 0 Å². The Morgan fingerprint density at radius 3 is 2.64 bits per heavy atom. The van der Waals surface area contributed by atoms with E-state index in [1.807, 2.05) is 24.1 Å². The van der Waals surface area contributed by atoms with Gasteiger partial charge in [-0.1, -0.05) is 26.0 Å². The summed E-state index contributed by atoms with van der Waals surface area (Å²) in [5.41, 5.74) is 4.60. The zero-order valence-electron chi connectivity index (χ0n) is 15.8. The molecule has 0 fully saturated rings. The van der Waals surface area contributed by atoms with Crippen LogP contribution in [0.4, 0.5) is 5.69 Å². The first kappa shape index (κ1) is 17.6. The van der Waals surface area contributed by atoms with Crippen LogP contribution in [0.3, 0.4) is 0 Å². The van der Waals surface area contributed by atoms with E-state index in [1.165, 1.54) is 11.1 Å². The molecule has 0 aliphatic carbocycles. The van der Waals surface area contributed by atoms with Gasteiger partial charge in [-0.15, -0.1) is 0 Å². The van der Waals surface area contributed by atoms with Gasteiger partial charge >= 0.3 is 0 Å². The van der Waals surface area contributed by atoms with Crippen LogP contribution in [-0.4, -0.2) is 21.9 Å². The number of aryl methyl sites for hydroxylation is 2. The predicted molar refractivity (Wildman–Crippen MR) is 101 cm³/mol. The molecule has 132 valence electrons. The summed E-state index contributed by atoms with van der Waals surface area (Å²) in [6.07, 6.45) is 3.63. The van der Waals surface area contributed by atoms with Crippen molar-refractivity contribution in [2.45, 2.75) is 59.4 Å². The Hall–Kier alpha value is -2.23. The summed E-state index contributed by atoms with van der Waals surface area (Å²) in [4.78, 5) is 23.3. The second kappa shape index (κ2) is 6.95. The van der Waals surface area contributed by atoms with Crippen LogP contribution in [0.2, 0.25) is 0 Å². The molecule has 4 heteroatoms. The van der Waals surface area contributed by atoms with Crippen molar-refractivity contribution in [3.63, 3.8) is 0 Å². The molecule has 3 atom stereocenters. The first-order chi connectivity index (χ1) is 11.9. The van der Waals surface area contributed by atoms with E-state index in [-0.39, 0.29) is 11.9 Å². The number of anilines is 1. The van der Waals surface area contributed by atoms with Crippen molar-refractivity contribution < 1.29 is 4.79 Å². The summed E-state index contributed by atoms with van der Waals surface area (Å²) in [6.45, 7) is 10.2. The fourth-order valence-electron chi connectivity index (χ4n) is 3.96. The molecular formula is C21H27N3O. The molecule has 1 aromatic heterocycles. The Labute approximate surface area is 150 Å². The van der Waals surface area contributed by atoms with Gasteiger partial charge in [0, 0.05) is 37.0 Å². The van der Waals surface area contributed by atoms with Crippen LogP contribution < -0.4 is 4.90 Å². The lowest BCUT2D eigenvalue weighted by Gasteiger charge is -2.43. The van der Waals surface area contributed by atoms with E-state index in [2.05, 4.69) is 48.9 Å². The SMILES string of the molecule is CCc1ccc2c(c1)[C@H](Cc1nccc(C)n1)[C@@H](C)[C@H](C)N2C(C)=O. The largest absolute Gasteiger partial charge is 0.309 e. The van der Waals surface area contributed by atoms with Crippen LogP contribution in [-0.2, 0) is 17.6 Å². The van der Waals surface area contributed by atoms with Crippen molar-refractivity contribution in [1.29, 1.82) is 0 Å². The number of amides is 1. The fraction of sp³-hybridized carbons (Fsp3) is 0.476. The van der Waals surface area contributed by atoms with Crippen molar-refractivity contribution in [3.8, 4) is 0 Å². The molecule has 0 bridgehead atoms. The summed E-state index contributed by atoms with van der Waals surface area (Å²) in [5, 5.41) is 0. The summed E-state index contributed by atoms with van der Waals surface area (Å²) in [7, 11) is 0. The number of rotatable bonds is 3. The maximum atomic E-state index is 12.3. The van der Waals surface area contributed by atoms with Crippen molar-refractivity contribution in [2.75, 3.05) is 4.90 Å². The highest BCUT2D eigenvalue weighted by molar-refractivity contribution is 5.93. The van der Waals surface area contributed by atoms with E-state index in [4.69, 9.17) is 0 Å². The monoisotopic (exact) mass is 337 g/mol. The molecule has 0 unspecified atom stereocenters. The van der Waals surface area contributed by atoms with E-state index in [0.29, 0.717) is 11.8 Å². The van der Waals surface area contributed by atoms with Crippen molar-refractivity contribution in [3.05, 3.63) is 53.1 Å². The van der Waals surface area contributed by atoms with E-state index in [0.717, 1.165) is 30.0 Å². The second-order valence-corrected chi connectivity index (χ2v) is 7.16. The maximum absolute atomic E-state index is 12.3. The molecule has 0 spiro atoms. The number of carbonyl (C=O) groups excluding carboxylic acids is 1. The minimum Gasteiger partial charge on any atom is -0.309 e. The third-order valence-electron chi connectivity index (χ3n) is 5.55. The minimum absolute atomic E-state index is 0.107. The lowest BCUT2D eigenvalue weighted by molar-refractivity contribution is -0.117. The van der Waals surface area contributed by atoms with Gasteiger partial charge in [-0.2, -0.15) is 0 Å². The zero-order valence-corrected chi connectivity index (χ0v) is 15.8. The molecule has 1 aromatic carbocycles. The Bertz CT molecular complexity index is 786. The van der Waals surface area contributed by atoms with Crippen LogP contribution in [0, 0.1) is 12.8 Å². The Morgan fingerprint density at radius 1 is 1.24 bits per heavy atom. The predicted octanol–water partition coefficient (Wildman–Crippen LogP) is 4.06. The van der Waals surface area contributed by atoms with Crippen LogP contribution in [0.5, 0.6) is 0 Å². The normalized spacial score (nSPS) is 22.6. The third-order valence-corrected chi connectivity index (χ3v) is 5.55. The first-order valence-corrected chi connectivity index (χ1v) is 9.13. The summed E-state index contributed by atoms with van der Waals surface area (Å²) >= 11 is 0. The topological polar surface area (TPSA) is 46.1 Å². The van der Waals surface area contributed by atoms with Crippen molar-refractivity contribution in [2.24, 2.45) is 5.92 Å². The van der Waals surface area contributed by atoms with Crippen LogP contribution in [0.1, 0.15) is 56.3 Å².